The van der Waals surface area contributed by atoms with Gasteiger partial charge < -0.3 is 10.6 Å². The molecule has 2 aromatic rings. The van der Waals surface area contributed by atoms with Crippen LogP contribution in [0.5, 0.6) is 0 Å². The van der Waals surface area contributed by atoms with E-state index in [1.807, 2.05) is 31.2 Å². The number of hydrogen-bond acceptors (Lipinski definition) is 3. The predicted molar refractivity (Wildman–Crippen MR) is 88.7 cm³/mol. The van der Waals surface area contributed by atoms with Gasteiger partial charge in [-0.25, -0.2) is 0 Å². The average molecular weight is 319 g/mol. The van der Waals surface area contributed by atoms with E-state index in [-0.39, 0.29) is 5.11 Å². The maximum absolute atomic E-state index is 13.3. The van der Waals surface area contributed by atoms with Crippen molar-refractivity contribution in [3.05, 3.63) is 64.0 Å². The van der Waals surface area contributed by atoms with E-state index in [0.717, 1.165) is 29.8 Å². The lowest BCUT2D eigenvalue weighted by molar-refractivity contribution is -0.387. The number of nitro benzene ring substituents is 1. The Morgan fingerprint density at radius 2 is 2.00 bits per heavy atom. The molecular formula is C15H14FN3O2S. The van der Waals surface area contributed by atoms with Gasteiger partial charge in [0.2, 0.25) is 5.82 Å². The molecule has 0 atom stereocenters. The van der Waals surface area contributed by atoms with Crippen molar-refractivity contribution in [3.8, 4) is 0 Å². The topological polar surface area (TPSA) is 67.2 Å². The summed E-state index contributed by atoms with van der Waals surface area (Å²) in [6.07, 6.45) is 0.841. The highest BCUT2D eigenvalue weighted by molar-refractivity contribution is 7.80. The van der Waals surface area contributed by atoms with Crippen molar-refractivity contribution in [3.63, 3.8) is 0 Å². The second-order valence-electron chi connectivity index (χ2n) is 4.51. The standard InChI is InChI=1S/C15H14FN3O2S/c1-2-10-5-3-4-6-13(10)18-15(22)17-11-7-8-12(16)14(9-11)19(20)21/h3-9H,2H2,1H3,(H2,17,18,22). The Balaban J connectivity index is 2.12. The Labute approximate surface area is 132 Å². The van der Waals surface area contributed by atoms with E-state index < -0.39 is 16.4 Å². The SMILES string of the molecule is CCc1ccccc1NC(=S)Nc1ccc(F)c([N+](=O)[O-])c1. The summed E-state index contributed by atoms with van der Waals surface area (Å²) in [6, 6.07) is 11.2. The molecule has 2 rings (SSSR count). The van der Waals surface area contributed by atoms with Gasteiger partial charge in [0.15, 0.2) is 5.11 Å². The number of halogens is 1. The monoisotopic (exact) mass is 319 g/mol. The molecule has 0 fully saturated rings. The van der Waals surface area contributed by atoms with Crippen LogP contribution in [0.4, 0.5) is 21.5 Å². The largest absolute Gasteiger partial charge is 0.332 e. The Hall–Kier alpha value is -2.54. The lowest BCUT2D eigenvalue weighted by Crippen LogP contribution is -2.20. The summed E-state index contributed by atoms with van der Waals surface area (Å²) >= 11 is 5.18. The van der Waals surface area contributed by atoms with Gasteiger partial charge in [0.05, 0.1) is 4.92 Å². The first-order valence-corrected chi connectivity index (χ1v) is 7.02. The molecule has 7 heteroatoms. The fourth-order valence-corrected chi connectivity index (χ4v) is 2.19. The van der Waals surface area contributed by atoms with Crippen molar-refractivity contribution < 1.29 is 9.31 Å². The van der Waals surface area contributed by atoms with Gasteiger partial charge in [0.1, 0.15) is 0 Å². The van der Waals surface area contributed by atoms with Crippen LogP contribution >= 0.6 is 12.2 Å². The number of nitrogens with one attached hydrogen (secondary N) is 2. The highest BCUT2D eigenvalue weighted by Crippen LogP contribution is 2.22. The molecule has 0 amide bonds. The van der Waals surface area contributed by atoms with Crippen LogP contribution in [-0.2, 0) is 6.42 Å². The third-order valence-corrected chi connectivity index (χ3v) is 3.25. The van der Waals surface area contributed by atoms with Crippen molar-refractivity contribution in [1.82, 2.24) is 0 Å². The van der Waals surface area contributed by atoms with Gasteiger partial charge in [-0.1, -0.05) is 25.1 Å². The van der Waals surface area contributed by atoms with Crippen LogP contribution in [0.15, 0.2) is 42.5 Å². The summed E-state index contributed by atoms with van der Waals surface area (Å²) in [4.78, 5) is 9.95. The first-order chi connectivity index (χ1) is 10.5. The second kappa shape index (κ2) is 6.95. The summed E-state index contributed by atoms with van der Waals surface area (Å²) in [5, 5.41) is 16.8. The zero-order valence-electron chi connectivity index (χ0n) is 11.8. The summed E-state index contributed by atoms with van der Waals surface area (Å²) in [5.41, 5.74) is 1.71. The molecule has 114 valence electrons. The van der Waals surface area contributed by atoms with Crippen molar-refractivity contribution >= 4 is 34.4 Å². The van der Waals surface area contributed by atoms with Crippen molar-refractivity contribution in [2.75, 3.05) is 10.6 Å². The highest BCUT2D eigenvalue weighted by Gasteiger charge is 2.14. The molecule has 0 heterocycles. The van der Waals surface area contributed by atoms with Crippen LogP contribution < -0.4 is 10.6 Å². The number of rotatable bonds is 4. The second-order valence-corrected chi connectivity index (χ2v) is 4.92. The molecule has 0 aliphatic heterocycles. The molecule has 0 radical (unpaired) electrons. The number of benzene rings is 2. The van der Waals surface area contributed by atoms with Crippen molar-refractivity contribution in [2.45, 2.75) is 13.3 Å². The molecule has 0 spiro atoms. The van der Waals surface area contributed by atoms with E-state index >= 15 is 0 Å². The van der Waals surface area contributed by atoms with Gasteiger partial charge in [0, 0.05) is 17.4 Å². The molecule has 2 aromatic carbocycles. The quantitative estimate of drug-likeness (QED) is 0.504. The molecule has 0 saturated carbocycles. The third kappa shape index (κ3) is 3.76. The van der Waals surface area contributed by atoms with Crippen LogP contribution in [0, 0.1) is 15.9 Å². The van der Waals surface area contributed by atoms with E-state index in [4.69, 9.17) is 12.2 Å². The Kier molecular flexibility index (Phi) is 5.00. The maximum Gasteiger partial charge on any atom is 0.306 e. The fourth-order valence-electron chi connectivity index (χ4n) is 1.97. The number of hydrogen-bond donors (Lipinski definition) is 2. The fraction of sp³-hybridized carbons (Fsp3) is 0.133. The number of thiocarbonyl (C=S) groups is 1. The van der Waals surface area contributed by atoms with Crippen LogP contribution in [0.1, 0.15) is 12.5 Å². The first kappa shape index (κ1) is 15.8. The number of nitro groups is 1. The minimum atomic E-state index is -0.884. The number of anilines is 2. The van der Waals surface area contributed by atoms with E-state index in [1.165, 1.54) is 6.07 Å². The van der Waals surface area contributed by atoms with E-state index in [2.05, 4.69) is 10.6 Å². The third-order valence-electron chi connectivity index (χ3n) is 3.05. The Morgan fingerprint density at radius 3 is 2.68 bits per heavy atom. The van der Waals surface area contributed by atoms with Gasteiger partial charge in [-0.3, -0.25) is 10.1 Å². The van der Waals surface area contributed by atoms with Crippen LogP contribution in [0.3, 0.4) is 0 Å². The molecule has 2 N–H and O–H groups in total. The number of nitrogens with zero attached hydrogens (tertiary/aromatic N) is 1. The van der Waals surface area contributed by atoms with Crippen LogP contribution in [-0.4, -0.2) is 10.0 Å². The summed E-state index contributed by atoms with van der Waals surface area (Å²) < 4.78 is 13.3. The molecule has 0 saturated heterocycles. The molecule has 5 nitrogen and oxygen atoms in total. The summed E-state index contributed by atoms with van der Waals surface area (Å²) in [6.45, 7) is 2.03. The van der Waals surface area contributed by atoms with E-state index in [9.17, 15) is 14.5 Å². The lowest BCUT2D eigenvalue weighted by atomic mass is 10.1. The number of aryl methyl sites for hydroxylation is 1. The van der Waals surface area contributed by atoms with Gasteiger partial charge in [-0.05, 0) is 42.4 Å². The van der Waals surface area contributed by atoms with Gasteiger partial charge in [0.25, 0.3) is 0 Å². The molecule has 22 heavy (non-hydrogen) atoms. The highest BCUT2D eigenvalue weighted by atomic mass is 32.1. The Bertz CT molecular complexity index is 722. The zero-order valence-corrected chi connectivity index (χ0v) is 12.6. The summed E-state index contributed by atoms with van der Waals surface area (Å²) in [7, 11) is 0. The molecule has 0 unspecified atom stereocenters. The summed E-state index contributed by atoms with van der Waals surface area (Å²) in [5.74, 6) is -0.884. The molecular weight excluding hydrogens is 305 g/mol. The van der Waals surface area contributed by atoms with Crippen LogP contribution in [0.25, 0.3) is 0 Å². The Morgan fingerprint density at radius 1 is 1.27 bits per heavy atom. The van der Waals surface area contributed by atoms with Gasteiger partial charge >= 0.3 is 5.69 Å². The first-order valence-electron chi connectivity index (χ1n) is 6.61. The average Bonchev–Trinajstić information content (AvgIpc) is 2.49. The zero-order chi connectivity index (χ0) is 16.1. The minimum Gasteiger partial charge on any atom is -0.332 e. The molecule has 0 aliphatic rings. The smallest absolute Gasteiger partial charge is 0.306 e. The van der Waals surface area contributed by atoms with Crippen LogP contribution in [0.2, 0.25) is 0 Å². The number of para-hydroxylation sites is 1. The van der Waals surface area contributed by atoms with E-state index in [0.29, 0.717) is 5.69 Å². The normalized spacial score (nSPS) is 10.1. The minimum absolute atomic E-state index is 0.279. The van der Waals surface area contributed by atoms with Crippen molar-refractivity contribution in [2.24, 2.45) is 0 Å². The lowest BCUT2D eigenvalue weighted by Gasteiger charge is -2.13. The van der Waals surface area contributed by atoms with Gasteiger partial charge in [-0.15, -0.1) is 0 Å². The molecule has 0 bridgehead atoms. The molecule has 0 aliphatic carbocycles. The predicted octanol–water partition coefficient (Wildman–Crippen LogP) is 4.11. The van der Waals surface area contributed by atoms with E-state index in [1.54, 1.807) is 0 Å². The maximum atomic E-state index is 13.3. The van der Waals surface area contributed by atoms with Crippen molar-refractivity contribution in [1.29, 1.82) is 0 Å². The van der Waals surface area contributed by atoms with Gasteiger partial charge in [-0.2, -0.15) is 4.39 Å². The molecule has 0 aromatic heterocycles.